The van der Waals surface area contributed by atoms with Crippen LogP contribution in [0, 0.1) is 0 Å². The molecule has 2 aromatic rings. The highest BCUT2D eigenvalue weighted by Crippen LogP contribution is 2.11. The van der Waals surface area contributed by atoms with Gasteiger partial charge in [-0.25, -0.2) is 9.67 Å². The third-order valence-corrected chi connectivity index (χ3v) is 4.41. The molecule has 2 N–H and O–H groups in total. The summed E-state index contributed by atoms with van der Waals surface area (Å²) in [5.74, 6) is 0.991. The summed E-state index contributed by atoms with van der Waals surface area (Å²) in [6, 6.07) is 10.3. The number of nitrogens with one attached hydrogen (secondary N) is 2. The zero-order valence-corrected chi connectivity index (χ0v) is 18.1. The van der Waals surface area contributed by atoms with E-state index in [0.717, 1.165) is 30.2 Å². The Morgan fingerprint density at radius 2 is 2.22 bits per heavy atom. The maximum atomic E-state index is 11.6. The van der Waals surface area contributed by atoms with Crippen LogP contribution in [0.2, 0.25) is 0 Å². The first-order valence-electron chi connectivity index (χ1n) is 9.03. The van der Waals surface area contributed by atoms with Gasteiger partial charge in [-0.3, -0.25) is 4.79 Å². The van der Waals surface area contributed by atoms with Crippen molar-refractivity contribution in [3.63, 3.8) is 0 Å². The summed E-state index contributed by atoms with van der Waals surface area (Å²) in [6.07, 6.45) is 5.11. The monoisotopic (exact) mass is 482 g/mol. The van der Waals surface area contributed by atoms with Gasteiger partial charge in [0.2, 0.25) is 5.91 Å². The Balaban J connectivity index is 0.00000261. The molecular formula is C19H27IN6O. The Kier molecular flexibility index (Phi) is 8.08. The number of amides is 1. The van der Waals surface area contributed by atoms with Crippen LogP contribution < -0.4 is 10.6 Å². The molecule has 0 aliphatic carbocycles. The first-order chi connectivity index (χ1) is 12.7. The standard InChI is InChI=1S/C19H26N6O.HI/c1-3-20-19(23-16-8-9-18(26)24(2)14-16)21-13-15-6-4-7-17(12-15)25-11-5-10-22-25;/h4-7,10-12,16H,3,8-9,13-14H2,1-2H3,(H2,20,21,23);1H. The molecule has 27 heavy (non-hydrogen) atoms. The number of benzene rings is 1. The number of hydrogen-bond acceptors (Lipinski definition) is 3. The van der Waals surface area contributed by atoms with Crippen molar-refractivity contribution in [1.29, 1.82) is 0 Å². The Hall–Kier alpha value is -2.10. The van der Waals surface area contributed by atoms with Gasteiger partial charge in [-0.05, 0) is 37.1 Å². The molecule has 1 amide bonds. The van der Waals surface area contributed by atoms with Crippen LogP contribution >= 0.6 is 24.0 Å². The van der Waals surface area contributed by atoms with Crippen LogP contribution in [-0.4, -0.2) is 52.7 Å². The number of aliphatic imine (C=N–C) groups is 1. The number of aromatic nitrogens is 2. The lowest BCUT2D eigenvalue weighted by Crippen LogP contribution is -2.51. The highest BCUT2D eigenvalue weighted by Gasteiger charge is 2.23. The largest absolute Gasteiger partial charge is 0.357 e. The summed E-state index contributed by atoms with van der Waals surface area (Å²) < 4.78 is 1.84. The van der Waals surface area contributed by atoms with Gasteiger partial charge in [0, 0.05) is 45.0 Å². The number of nitrogens with zero attached hydrogens (tertiary/aromatic N) is 4. The highest BCUT2D eigenvalue weighted by atomic mass is 127. The SMILES string of the molecule is CCNC(=NCc1cccc(-n2cccn2)c1)NC1CCC(=O)N(C)C1.I. The van der Waals surface area contributed by atoms with E-state index in [1.165, 1.54) is 0 Å². The fourth-order valence-electron chi connectivity index (χ4n) is 3.03. The molecule has 0 bridgehead atoms. The Morgan fingerprint density at radius 3 is 2.93 bits per heavy atom. The molecule has 8 heteroatoms. The van der Waals surface area contributed by atoms with E-state index in [2.05, 4.69) is 27.9 Å². The molecule has 1 aromatic carbocycles. The van der Waals surface area contributed by atoms with Crippen molar-refractivity contribution >= 4 is 35.8 Å². The lowest BCUT2D eigenvalue weighted by Gasteiger charge is -2.31. The summed E-state index contributed by atoms with van der Waals surface area (Å²) >= 11 is 0. The minimum atomic E-state index is 0. The van der Waals surface area contributed by atoms with Gasteiger partial charge in [0.05, 0.1) is 12.2 Å². The minimum Gasteiger partial charge on any atom is -0.357 e. The molecule has 0 saturated carbocycles. The Morgan fingerprint density at radius 1 is 1.37 bits per heavy atom. The van der Waals surface area contributed by atoms with Crippen LogP contribution in [-0.2, 0) is 11.3 Å². The smallest absolute Gasteiger partial charge is 0.222 e. The quantitative estimate of drug-likeness (QED) is 0.389. The van der Waals surface area contributed by atoms with Crippen molar-refractivity contribution in [2.45, 2.75) is 32.4 Å². The molecule has 1 saturated heterocycles. The van der Waals surface area contributed by atoms with E-state index in [0.29, 0.717) is 19.5 Å². The van der Waals surface area contributed by atoms with E-state index in [4.69, 9.17) is 4.99 Å². The van der Waals surface area contributed by atoms with Crippen molar-refractivity contribution in [1.82, 2.24) is 25.3 Å². The average Bonchev–Trinajstić information content (AvgIpc) is 3.18. The van der Waals surface area contributed by atoms with E-state index in [1.54, 1.807) is 11.1 Å². The zero-order valence-electron chi connectivity index (χ0n) is 15.8. The van der Waals surface area contributed by atoms with Gasteiger partial charge in [0.25, 0.3) is 0 Å². The molecule has 1 aliphatic rings. The van der Waals surface area contributed by atoms with Crippen molar-refractivity contribution in [2.24, 2.45) is 4.99 Å². The maximum Gasteiger partial charge on any atom is 0.222 e. The summed E-state index contributed by atoms with van der Waals surface area (Å²) in [5, 5.41) is 11.0. The molecule has 7 nitrogen and oxygen atoms in total. The molecule has 0 radical (unpaired) electrons. The first kappa shape index (κ1) is 21.2. The second-order valence-corrected chi connectivity index (χ2v) is 6.47. The van der Waals surface area contributed by atoms with E-state index in [1.807, 2.05) is 43.0 Å². The predicted molar refractivity (Wildman–Crippen MR) is 118 cm³/mol. The van der Waals surface area contributed by atoms with Gasteiger partial charge in [0.1, 0.15) is 0 Å². The normalized spacial score (nSPS) is 17.4. The average molecular weight is 482 g/mol. The van der Waals surface area contributed by atoms with Gasteiger partial charge >= 0.3 is 0 Å². The molecular weight excluding hydrogens is 455 g/mol. The van der Waals surface area contributed by atoms with E-state index >= 15 is 0 Å². The lowest BCUT2D eigenvalue weighted by molar-refractivity contribution is -0.132. The van der Waals surface area contributed by atoms with Crippen LogP contribution in [0.5, 0.6) is 0 Å². The number of likely N-dealkylation sites (N-methyl/N-ethyl adjacent to an activating group) is 1. The molecule has 146 valence electrons. The van der Waals surface area contributed by atoms with Crippen LogP contribution in [0.3, 0.4) is 0 Å². The molecule has 1 aliphatic heterocycles. The Labute approximate surface area is 177 Å². The molecule has 0 spiro atoms. The maximum absolute atomic E-state index is 11.6. The van der Waals surface area contributed by atoms with E-state index in [-0.39, 0.29) is 35.9 Å². The summed E-state index contributed by atoms with van der Waals surface area (Å²) in [6.45, 7) is 4.12. The van der Waals surface area contributed by atoms with Gasteiger partial charge in [0.15, 0.2) is 5.96 Å². The van der Waals surface area contributed by atoms with Crippen molar-refractivity contribution in [3.8, 4) is 5.69 Å². The topological polar surface area (TPSA) is 74.5 Å². The van der Waals surface area contributed by atoms with Gasteiger partial charge in [-0.15, -0.1) is 24.0 Å². The van der Waals surface area contributed by atoms with Gasteiger partial charge in [-0.1, -0.05) is 12.1 Å². The third kappa shape index (κ3) is 5.95. The summed E-state index contributed by atoms with van der Waals surface area (Å²) in [5.41, 5.74) is 2.14. The number of carbonyl (C=O) groups excluding carboxylic acids is 1. The number of hydrogen-bond donors (Lipinski definition) is 2. The van der Waals surface area contributed by atoms with Crippen molar-refractivity contribution in [2.75, 3.05) is 20.1 Å². The number of halogens is 1. The second kappa shape index (κ2) is 10.3. The minimum absolute atomic E-state index is 0. The molecule has 2 heterocycles. The van der Waals surface area contributed by atoms with Crippen LogP contribution in [0.1, 0.15) is 25.3 Å². The van der Waals surface area contributed by atoms with Crippen LogP contribution in [0.25, 0.3) is 5.69 Å². The van der Waals surface area contributed by atoms with Gasteiger partial charge < -0.3 is 15.5 Å². The first-order valence-corrected chi connectivity index (χ1v) is 9.03. The fourth-order valence-corrected chi connectivity index (χ4v) is 3.03. The number of guanidine groups is 1. The second-order valence-electron chi connectivity index (χ2n) is 6.47. The number of piperidine rings is 1. The molecule has 1 fully saturated rings. The van der Waals surface area contributed by atoms with Crippen molar-refractivity contribution < 1.29 is 4.79 Å². The fraction of sp³-hybridized carbons (Fsp3) is 0.421. The molecule has 3 rings (SSSR count). The third-order valence-electron chi connectivity index (χ3n) is 4.41. The number of carbonyl (C=O) groups is 1. The summed E-state index contributed by atoms with van der Waals surface area (Å²) in [7, 11) is 1.85. The number of rotatable bonds is 5. The summed E-state index contributed by atoms with van der Waals surface area (Å²) in [4.78, 5) is 18.1. The molecule has 1 aromatic heterocycles. The van der Waals surface area contributed by atoms with Crippen LogP contribution in [0.15, 0.2) is 47.7 Å². The Bertz CT molecular complexity index is 761. The van der Waals surface area contributed by atoms with Crippen molar-refractivity contribution in [3.05, 3.63) is 48.3 Å². The lowest BCUT2D eigenvalue weighted by atomic mass is 10.1. The zero-order chi connectivity index (χ0) is 18.4. The van der Waals surface area contributed by atoms with E-state index < -0.39 is 0 Å². The number of likely N-dealkylation sites (tertiary alicyclic amines) is 1. The molecule has 1 atom stereocenters. The molecule has 1 unspecified atom stereocenters. The predicted octanol–water partition coefficient (Wildman–Crippen LogP) is 2.17. The van der Waals surface area contributed by atoms with Crippen LogP contribution in [0.4, 0.5) is 0 Å². The van der Waals surface area contributed by atoms with E-state index in [9.17, 15) is 4.79 Å². The van der Waals surface area contributed by atoms with Gasteiger partial charge in [-0.2, -0.15) is 5.10 Å². The highest BCUT2D eigenvalue weighted by molar-refractivity contribution is 14.0.